The summed E-state index contributed by atoms with van der Waals surface area (Å²) in [7, 11) is -2.75. The number of likely N-dealkylation sites (N-methyl/N-ethyl adjacent to an activating group) is 1. The van der Waals surface area contributed by atoms with Crippen LogP contribution in [0.4, 0.5) is 0 Å². The van der Waals surface area contributed by atoms with Gasteiger partial charge < -0.3 is 4.90 Å². The number of halogens is 3. The van der Waals surface area contributed by atoms with Crippen molar-refractivity contribution in [1.82, 2.24) is 9.62 Å². The fourth-order valence-electron chi connectivity index (χ4n) is 1.65. The van der Waals surface area contributed by atoms with Crippen LogP contribution in [0.3, 0.4) is 0 Å². The van der Waals surface area contributed by atoms with Crippen molar-refractivity contribution >= 4 is 83.6 Å². The Kier molecular flexibility index (Phi) is 6.32. The highest BCUT2D eigenvalue weighted by Crippen LogP contribution is 2.34. The molecule has 2 heterocycles. The van der Waals surface area contributed by atoms with Crippen LogP contribution >= 0.6 is 61.8 Å². The zero-order valence-electron chi connectivity index (χ0n) is 11.9. The maximum atomic E-state index is 12.1. The number of rotatable bonds is 5. The number of thiophene rings is 2. The third kappa shape index (κ3) is 4.70. The minimum Gasteiger partial charge on any atom is -0.332 e. The molecule has 2 aromatic rings. The van der Waals surface area contributed by atoms with Gasteiger partial charge in [0.2, 0.25) is 0 Å². The highest BCUT2D eigenvalue weighted by molar-refractivity contribution is 9.11. The summed E-state index contributed by atoms with van der Waals surface area (Å²) in [5.41, 5.74) is 0. The molecule has 0 aliphatic rings. The Balaban J connectivity index is 2.04. The zero-order chi connectivity index (χ0) is 18.1. The van der Waals surface area contributed by atoms with Crippen molar-refractivity contribution in [2.45, 2.75) is 4.90 Å². The molecular weight excluding hydrogens is 483 g/mol. The molecule has 1 N–H and O–H groups in total. The molecule has 2 rings (SSSR count). The number of sulfonamides is 1. The Morgan fingerprint density at radius 1 is 1.29 bits per heavy atom. The van der Waals surface area contributed by atoms with E-state index < -0.39 is 28.4 Å². The number of carbonyl (C=O) groups excluding carboxylic acids is 2. The van der Waals surface area contributed by atoms with Crippen molar-refractivity contribution in [1.29, 1.82) is 0 Å². The molecule has 0 fully saturated rings. The number of amides is 2. The van der Waals surface area contributed by atoms with Gasteiger partial charge in [0.15, 0.2) is 0 Å². The van der Waals surface area contributed by atoms with Crippen LogP contribution in [0, 0.1) is 0 Å². The molecule has 6 nitrogen and oxygen atoms in total. The summed E-state index contributed by atoms with van der Waals surface area (Å²) in [6, 6.07) is 4.47. The number of nitrogens with one attached hydrogen (secondary N) is 1. The lowest BCUT2D eigenvalue weighted by Gasteiger charge is -2.15. The van der Waals surface area contributed by atoms with Gasteiger partial charge in [0.25, 0.3) is 21.8 Å². The van der Waals surface area contributed by atoms with E-state index in [1.54, 1.807) is 12.1 Å². The molecule has 2 aromatic heterocycles. The minimum absolute atomic E-state index is 0.0480. The fourth-order valence-corrected chi connectivity index (χ4v) is 6.16. The largest absolute Gasteiger partial charge is 0.332 e. The summed E-state index contributed by atoms with van der Waals surface area (Å²) in [6.07, 6.45) is 0. The van der Waals surface area contributed by atoms with Crippen LogP contribution in [-0.4, -0.2) is 38.7 Å². The first-order valence-corrected chi connectivity index (χ1v) is 10.8. The zero-order valence-corrected chi connectivity index (χ0v) is 17.4. The topological polar surface area (TPSA) is 83.6 Å². The van der Waals surface area contributed by atoms with Crippen LogP contribution in [0.15, 0.2) is 26.9 Å². The van der Waals surface area contributed by atoms with Crippen molar-refractivity contribution < 1.29 is 18.0 Å². The second kappa shape index (κ2) is 7.71. The molecule has 2 amide bonds. The Labute approximate surface area is 164 Å². The maximum absolute atomic E-state index is 12.1. The van der Waals surface area contributed by atoms with Crippen LogP contribution in [0.25, 0.3) is 0 Å². The maximum Gasteiger partial charge on any atom is 0.266 e. The third-order valence-corrected chi connectivity index (χ3v) is 7.41. The van der Waals surface area contributed by atoms with Gasteiger partial charge in [0.1, 0.15) is 15.8 Å². The molecule has 0 aliphatic heterocycles. The van der Waals surface area contributed by atoms with Crippen LogP contribution in [0.2, 0.25) is 8.67 Å². The summed E-state index contributed by atoms with van der Waals surface area (Å²) in [5.74, 6) is -1.25. The Morgan fingerprint density at radius 2 is 1.96 bits per heavy atom. The molecule has 0 bridgehead atoms. The predicted octanol–water partition coefficient (Wildman–Crippen LogP) is 3.46. The van der Waals surface area contributed by atoms with Crippen LogP contribution in [0.1, 0.15) is 9.67 Å². The first-order chi connectivity index (χ1) is 11.1. The standard InChI is InChI=1S/C12H9BrCl2N2O4S3/c1-17(12(19)6-2-3-8(13)22-6)5-10(18)16-24(20,21)7-4-9(14)23-11(7)15/h2-4H,5H2,1H3,(H,16,18). The average molecular weight is 492 g/mol. The Bertz CT molecular complexity index is 894. The predicted molar refractivity (Wildman–Crippen MR) is 98.6 cm³/mol. The highest BCUT2D eigenvalue weighted by atomic mass is 79.9. The first-order valence-electron chi connectivity index (χ1n) is 6.11. The van der Waals surface area contributed by atoms with E-state index in [-0.39, 0.29) is 13.6 Å². The second-order valence-corrected chi connectivity index (χ2v) is 10.9. The Hall–Kier alpha value is -0.650. The summed E-state index contributed by atoms with van der Waals surface area (Å²) in [6.45, 7) is -0.428. The molecule has 0 saturated carbocycles. The summed E-state index contributed by atoms with van der Waals surface area (Å²) >= 11 is 16.8. The monoisotopic (exact) mass is 490 g/mol. The van der Waals surface area contributed by atoms with Gasteiger partial charge in [-0.05, 0) is 34.1 Å². The van der Waals surface area contributed by atoms with Crippen molar-refractivity contribution in [3.8, 4) is 0 Å². The van der Waals surface area contributed by atoms with Gasteiger partial charge in [-0.15, -0.1) is 22.7 Å². The van der Waals surface area contributed by atoms with Crippen LogP contribution in [-0.2, 0) is 14.8 Å². The Morgan fingerprint density at radius 3 is 2.46 bits per heavy atom. The van der Waals surface area contributed by atoms with E-state index in [9.17, 15) is 18.0 Å². The highest BCUT2D eigenvalue weighted by Gasteiger charge is 2.25. The van der Waals surface area contributed by atoms with Crippen molar-refractivity contribution in [3.63, 3.8) is 0 Å². The molecular formula is C12H9BrCl2N2O4S3. The van der Waals surface area contributed by atoms with Gasteiger partial charge >= 0.3 is 0 Å². The molecule has 0 aromatic carbocycles. The van der Waals surface area contributed by atoms with E-state index in [0.717, 1.165) is 26.1 Å². The first kappa shape index (κ1) is 19.7. The van der Waals surface area contributed by atoms with Gasteiger partial charge in [0, 0.05) is 7.05 Å². The van der Waals surface area contributed by atoms with Crippen molar-refractivity contribution in [3.05, 3.63) is 35.5 Å². The number of hydrogen-bond acceptors (Lipinski definition) is 6. The van der Waals surface area contributed by atoms with Crippen molar-refractivity contribution in [2.24, 2.45) is 0 Å². The molecule has 0 atom stereocenters. The van der Waals surface area contributed by atoms with Gasteiger partial charge in [-0.25, -0.2) is 13.1 Å². The fraction of sp³-hybridized carbons (Fsp3) is 0.167. The summed E-state index contributed by atoms with van der Waals surface area (Å²) in [5, 5.41) is 0. The normalized spacial score (nSPS) is 11.3. The van der Waals surface area contributed by atoms with Gasteiger partial charge in [-0.2, -0.15) is 0 Å². The van der Waals surface area contributed by atoms with Crippen LogP contribution in [0.5, 0.6) is 0 Å². The molecule has 0 unspecified atom stereocenters. The number of carbonyl (C=O) groups is 2. The molecule has 24 heavy (non-hydrogen) atoms. The van der Waals surface area contributed by atoms with E-state index in [1.807, 2.05) is 4.72 Å². The van der Waals surface area contributed by atoms with Gasteiger partial charge in [-0.3, -0.25) is 9.59 Å². The lowest BCUT2D eigenvalue weighted by molar-refractivity contribution is -0.119. The molecule has 0 saturated heterocycles. The molecule has 130 valence electrons. The average Bonchev–Trinajstić information content (AvgIpc) is 3.03. The smallest absolute Gasteiger partial charge is 0.266 e. The van der Waals surface area contributed by atoms with E-state index in [1.165, 1.54) is 18.4 Å². The molecule has 0 spiro atoms. The minimum atomic E-state index is -4.15. The quantitative estimate of drug-likeness (QED) is 0.694. The van der Waals surface area contributed by atoms with E-state index in [2.05, 4.69) is 15.9 Å². The van der Waals surface area contributed by atoms with E-state index >= 15 is 0 Å². The van der Waals surface area contributed by atoms with Gasteiger partial charge in [0.05, 0.1) is 13.0 Å². The summed E-state index contributed by atoms with van der Waals surface area (Å²) < 4.78 is 27.0. The van der Waals surface area contributed by atoms with E-state index in [4.69, 9.17) is 23.2 Å². The second-order valence-electron chi connectivity index (χ2n) is 4.48. The third-order valence-electron chi connectivity index (χ3n) is 2.67. The lowest BCUT2D eigenvalue weighted by Crippen LogP contribution is -2.40. The molecule has 0 aliphatic carbocycles. The summed E-state index contributed by atoms with van der Waals surface area (Å²) in [4.78, 5) is 25.3. The number of nitrogens with zero attached hydrogens (tertiary/aromatic N) is 1. The molecule has 12 heteroatoms. The van der Waals surface area contributed by atoms with Crippen LogP contribution < -0.4 is 4.72 Å². The SMILES string of the molecule is CN(CC(=O)NS(=O)(=O)c1cc(Cl)sc1Cl)C(=O)c1ccc(Br)s1. The van der Waals surface area contributed by atoms with Gasteiger partial charge in [-0.1, -0.05) is 23.2 Å². The molecule has 0 radical (unpaired) electrons. The lowest BCUT2D eigenvalue weighted by atomic mass is 10.4. The van der Waals surface area contributed by atoms with Crippen molar-refractivity contribution in [2.75, 3.05) is 13.6 Å². The van der Waals surface area contributed by atoms with E-state index in [0.29, 0.717) is 4.88 Å². The number of hydrogen-bond donors (Lipinski definition) is 1.